The normalized spacial score (nSPS) is 20.5. The van der Waals surface area contributed by atoms with Gasteiger partial charge in [-0.25, -0.2) is 4.39 Å². The van der Waals surface area contributed by atoms with Gasteiger partial charge in [0.1, 0.15) is 5.82 Å². The molecule has 4 nitrogen and oxygen atoms in total. The molecule has 1 aromatic carbocycles. The Balaban J connectivity index is 1.86. The standard InChI is InChI=1S/C17H16FNO3S/c1-22-17(21)14-10-19(16(20)15-3-2-8-23-15)9-13(14)11-4-6-12(18)7-5-11/h2-8,13-14H,9-10H2,1H3/t13-,14+/m1/s1. The molecule has 2 heterocycles. The number of esters is 1. The second-order valence-corrected chi connectivity index (χ2v) is 6.42. The van der Waals surface area contributed by atoms with Crippen molar-refractivity contribution in [1.29, 1.82) is 0 Å². The zero-order chi connectivity index (χ0) is 16.4. The van der Waals surface area contributed by atoms with E-state index in [-0.39, 0.29) is 23.6 Å². The summed E-state index contributed by atoms with van der Waals surface area (Å²) in [5.41, 5.74) is 0.836. The molecular formula is C17H16FNO3S. The molecule has 2 atom stereocenters. The smallest absolute Gasteiger partial charge is 0.311 e. The lowest BCUT2D eigenvalue weighted by Gasteiger charge is -2.16. The van der Waals surface area contributed by atoms with Gasteiger partial charge in [0.25, 0.3) is 5.91 Å². The van der Waals surface area contributed by atoms with Crippen molar-refractivity contribution in [2.45, 2.75) is 5.92 Å². The molecular weight excluding hydrogens is 317 g/mol. The van der Waals surface area contributed by atoms with E-state index in [9.17, 15) is 14.0 Å². The van der Waals surface area contributed by atoms with Crippen LogP contribution >= 0.6 is 11.3 Å². The maximum absolute atomic E-state index is 13.1. The molecule has 23 heavy (non-hydrogen) atoms. The Morgan fingerprint density at radius 2 is 1.96 bits per heavy atom. The fraction of sp³-hybridized carbons (Fsp3) is 0.294. The average Bonchev–Trinajstić information content (AvgIpc) is 3.24. The van der Waals surface area contributed by atoms with E-state index in [4.69, 9.17) is 4.74 Å². The Bertz CT molecular complexity index is 699. The van der Waals surface area contributed by atoms with Gasteiger partial charge in [-0.3, -0.25) is 9.59 Å². The van der Waals surface area contributed by atoms with Crippen molar-refractivity contribution in [3.63, 3.8) is 0 Å². The Labute approximate surface area is 137 Å². The molecule has 1 aliphatic rings. The van der Waals surface area contributed by atoms with Crippen molar-refractivity contribution >= 4 is 23.2 Å². The summed E-state index contributed by atoms with van der Waals surface area (Å²) in [6, 6.07) is 9.65. The topological polar surface area (TPSA) is 46.6 Å². The number of likely N-dealkylation sites (tertiary alicyclic amines) is 1. The molecule has 0 unspecified atom stereocenters. The number of carbonyl (C=O) groups excluding carboxylic acids is 2. The second-order valence-electron chi connectivity index (χ2n) is 5.48. The third-order valence-corrected chi connectivity index (χ3v) is 5.00. The van der Waals surface area contributed by atoms with E-state index in [2.05, 4.69) is 0 Å². The minimum atomic E-state index is -0.436. The molecule has 0 saturated carbocycles. The van der Waals surface area contributed by atoms with Crippen LogP contribution in [0.3, 0.4) is 0 Å². The van der Waals surface area contributed by atoms with Gasteiger partial charge < -0.3 is 9.64 Å². The molecule has 0 radical (unpaired) electrons. The summed E-state index contributed by atoms with van der Waals surface area (Å²) >= 11 is 1.38. The summed E-state index contributed by atoms with van der Waals surface area (Å²) in [7, 11) is 1.34. The molecule has 1 aromatic heterocycles. The van der Waals surface area contributed by atoms with E-state index in [1.54, 1.807) is 23.1 Å². The molecule has 0 N–H and O–H groups in total. The molecule has 120 valence electrons. The molecule has 0 aliphatic carbocycles. The number of benzene rings is 1. The van der Waals surface area contributed by atoms with Crippen LogP contribution in [0.5, 0.6) is 0 Å². The van der Waals surface area contributed by atoms with Crippen molar-refractivity contribution in [2.75, 3.05) is 20.2 Å². The largest absolute Gasteiger partial charge is 0.469 e. The molecule has 2 aromatic rings. The first-order chi connectivity index (χ1) is 11.1. The quantitative estimate of drug-likeness (QED) is 0.812. The first-order valence-corrected chi connectivity index (χ1v) is 8.14. The second kappa shape index (κ2) is 6.50. The van der Waals surface area contributed by atoms with Gasteiger partial charge in [-0.2, -0.15) is 0 Å². The van der Waals surface area contributed by atoms with Crippen molar-refractivity contribution in [3.05, 3.63) is 58.0 Å². The first-order valence-electron chi connectivity index (χ1n) is 7.26. The highest BCUT2D eigenvalue weighted by Gasteiger charge is 2.41. The molecule has 1 saturated heterocycles. The molecule has 0 bridgehead atoms. The lowest BCUT2D eigenvalue weighted by molar-refractivity contribution is -0.145. The number of ether oxygens (including phenoxy) is 1. The first kappa shape index (κ1) is 15.7. The fourth-order valence-electron chi connectivity index (χ4n) is 2.96. The Hall–Kier alpha value is -2.21. The SMILES string of the molecule is COC(=O)[C@H]1CN(C(=O)c2cccs2)C[C@@H]1c1ccc(F)cc1. The van der Waals surface area contributed by atoms with E-state index < -0.39 is 5.92 Å². The van der Waals surface area contributed by atoms with Crippen molar-refractivity contribution in [1.82, 2.24) is 4.90 Å². The number of halogens is 1. The summed E-state index contributed by atoms with van der Waals surface area (Å²) in [4.78, 5) is 26.9. The van der Waals surface area contributed by atoms with Gasteiger partial charge in [-0.15, -0.1) is 11.3 Å². The van der Waals surface area contributed by atoms with Crippen LogP contribution in [-0.4, -0.2) is 37.0 Å². The third kappa shape index (κ3) is 3.12. The lowest BCUT2D eigenvalue weighted by atomic mass is 9.89. The van der Waals surface area contributed by atoms with Gasteiger partial charge in [-0.05, 0) is 29.1 Å². The van der Waals surface area contributed by atoms with Crippen LogP contribution in [0.2, 0.25) is 0 Å². The van der Waals surface area contributed by atoms with Gasteiger partial charge in [-0.1, -0.05) is 18.2 Å². The maximum Gasteiger partial charge on any atom is 0.311 e. The number of hydrogen-bond donors (Lipinski definition) is 0. The van der Waals surface area contributed by atoms with Crippen LogP contribution in [-0.2, 0) is 9.53 Å². The van der Waals surface area contributed by atoms with Gasteiger partial charge in [0, 0.05) is 19.0 Å². The van der Waals surface area contributed by atoms with E-state index in [1.807, 2.05) is 11.4 Å². The van der Waals surface area contributed by atoms with Gasteiger partial charge >= 0.3 is 5.97 Å². The zero-order valence-electron chi connectivity index (χ0n) is 12.6. The lowest BCUT2D eigenvalue weighted by Crippen LogP contribution is -2.29. The van der Waals surface area contributed by atoms with Crippen LogP contribution in [0.15, 0.2) is 41.8 Å². The number of thiophene rings is 1. The number of nitrogens with zero attached hydrogens (tertiary/aromatic N) is 1. The summed E-state index contributed by atoms with van der Waals surface area (Å²) in [5.74, 6) is -1.38. The Kier molecular flexibility index (Phi) is 4.43. The average molecular weight is 333 g/mol. The number of carbonyl (C=O) groups is 2. The summed E-state index contributed by atoms with van der Waals surface area (Å²) in [6.07, 6.45) is 0. The highest BCUT2D eigenvalue weighted by Crippen LogP contribution is 2.34. The molecule has 3 rings (SSSR count). The summed E-state index contributed by atoms with van der Waals surface area (Å²) in [6.45, 7) is 0.730. The van der Waals surface area contributed by atoms with Gasteiger partial charge in [0.15, 0.2) is 0 Å². The molecule has 0 spiro atoms. The summed E-state index contributed by atoms with van der Waals surface area (Å²) in [5, 5.41) is 1.85. The minimum absolute atomic E-state index is 0.0847. The molecule has 1 amide bonds. The number of amides is 1. The monoisotopic (exact) mass is 333 g/mol. The van der Waals surface area contributed by atoms with E-state index >= 15 is 0 Å². The van der Waals surface area contributed by atoms with Crippen LogP contribution < -0.4 is 0 Å². The molecule has 1 fully saturated rings. The van der Waals surface area contributed by atoms with Crippen molar-refractivity contribution in [3.8, 4) is 0 Å². The van der Waals surface area contributed by atoms with E-state index in [0.717, 1.165) is 5.56 Å². The van der Waals surface area contributed by atoms with E-state index in [0.29, 0.717) is 18.0 Å². The fourth-order valence-corrected chi connectivity index (χ4v) is 3.65. The van der Waals surface area contributed by atoms with Crippen LogP contribution in [0.4, 0.5) is 4.39 Å². The Morgan fingerprint density at radius 1 is 1.22 bits per heavy atom. The predicted molar refractivity (Wildman–Crippen MR) is 84.9 cm³/mol. The van der Waals surface area contributed by atoms with Crippen molar-refractivity contribution < 1.29 is 18.7 Å². The van der Waals surface area contributed by atoms with Crippen molar-refractivity contribution in [2.24, 2.45) is 5.92 Å². The van der Waals surface area contributed by atoms with Gasteiger partial charge in [0.05, 0.1) is 17.9 Å². The minimum Gasteiger partial charge on any atom is -0.469 e. The zero-order valence-corrected chi connectivity index (χ0v) is 13.4. The van der Waals surface area contributed by atoms with Crippen LogP contribution in [0.25, 0.3) is 0 Å². The number of rotatable bonds is 3. The Morgan fingerprint density at radius 3 is 2.57 bits per heavy atom. The molecule has 6 heteroatoms. The number of methoxy groups -OCH3 is 1. The maximum atomic E-state index is 13.1. The predicted octanol–water partition coefficient (Wildman–Crippen LogP) is 2.92. The number of hydrogen-bond acceptors (Lipinski definition) is 4. The van der Waals surface area contributed by atoms with Crippen LogP contribution in [0, 0.1) is 11.7 Å². The van der Waals surface area contributed by atoms with Gasteiger partial charge in [0.2, 0.25) is 0 Å². The van der Waals surface area contributed by atoms with E-state index in [1.165, 1.54) is 30.6 Å². The highest BCUT2D eigenvalue weighted by molar-refractivity contribution is 7.12. The summed E-state index contributed by atoms with van der Waals surface area (Å²) < 4.78 is 18.0. The third-order valence-electron chi connectivity index (χ3n) is 4.14. The van der Waals surface area contributed by atoms with Crippen LogP contribution in [0.1, 0.15) is 21.2 Å². The molecule has 1 aliphatic heterocycles. The highest BCUT2D eigenvalue weighted by atomic mass is 32.1.